The highest BCUT2D eigenvalue weighted by atomic mass is 16.7. The summed E-state index contributed by atoms with van der Waals surface area (Å²) >= 11 is 0. The molecule has 4 heteroatoms. The van der Waals surface area contributed by atoms with Gasteiger partial charge in [0.25, 0.3) is 0 Å². The first-order valence-electron chi connectivity index (χ1n) is 6.25. The van der Waals surface area contributed by atoms with E-state index < -0.39 is 12.3 Å². The van der Waals surface area contributed by atoms with Crippen molar-refractivity contribution in [2.45, 2.75) is 52.4 Å². The molecule has 0 N–H and O–H groups in total. The van der Waals surface area contributed by atoms with Gasteiger partial charge < -0.3 is 14.2 Å². The van der Waals surface area contributed by atoms with E-state index in [9.17, 15) is 4.79 Å². The summed E-state index contributed by atoms with van der Waals surface area (Å²) in [7, 11) is 0. The van der Waals surface area contributed by atoms with Gasteiger partial charge in [-0.05, 0) is 26.7 Å². The van der Waals surface area contributed by atoms with Crippen molar-refractivity contribution in [1.29, 1.82) is 0 Å². The Morgan fingerprint density at radius 3 is 2.24 bits per heavy atom. The highest BCUT2D eigenvalue weighted by Gasteiger charge is 2.25. The molecule has 1 atom stereocenters. The number of esters is 1. The zero-order valence-electron chi connectivity index (χ0n) is 11.1. The Hall–Kier alpha value is -0.870. The minimum absolute atomic E-state index is 0.361. The fraction of sp³-hybridized carbons (Fsp3) is 0.769. The third-order valence-corrected chi connectivity index (χ3v) is 2.24. The topological polar surface area (TPSA) is 44.8 Å². The number of carbonyl (C=O) groups excluding carboxylic acids is 1. The van der Waals surface area contributed by atoms with Crippen LogP contribution in [0.4, 0.5) is 0 Å². The van der Waals surface area contributed by atoms with Crippen LogP contribution in [0, 0.1) is 0 Å². The Morgan fingerprint density at radius 1 is 1.24 bits per heavy atom. The smallest absolute Gasteiger partial charge is 0.330 e. The Kier molecular flexibility index (Phi) is 9.77. The first kappa shape index (κ1) is 16.1. The van der Waals surface area contributed by atoms with E-state index in [2.05, 4.69) is 13.5 Å². The Labute approximate surface area is 104 Å². The molecule has 0 aromatic carbocycles. The van der Waals surface area contributed by atoms with Crippen molar-refractivity contribution in [1.82, 2.24) is 0 Å². The highest BCUT2D eigenvalue weighted by Crippen LogP contribution is 2.14. The third-order valence-electron chi connectivity index (χ3n) is 2.24. The molecule has 0 aliphatic heterocycles. The summed E-state index contributed by atoms with van der Waals surface area (Å²) in [5, 5.41) is 0. The molecule has 0 bridgehead atoms. The predicted octanol–water partition coefficient (Wildman–Crippen LogP) is 2.67. The maximum absolute atomic E-state index is 11.2. The Morgan fingerprint density at radius 2 is 1.82 bits per heavy atom. The molecule has 17 heavy (non-hydrogen) atoms. The van der Waals surface area contributed by atoms with Gasteiger partial charge in [0.05, 0.1) is 0 Å². The summed E-state index contributed by atoms with van der Waals surface area (Å²) < 4.78 is 16.2. The Balaban J connectivity index is 4.46. The zero-order chi connectivity index (χ0) is 13.1. The van der Waals surface area contributed by atoms with E-state index in [-0.39, 0.29) is 6.10 Å². The summed E-state index contributed by atoms with van der Waals surface area (Å²) in [6, 6.07) is 0. The van der Waals surface area contributed by atoms with E-state index in [4.69, 9.17) is 14.2 Å². The molecule has 1 unspecified atom stereocenters. The van der Waals surface area contributed by atoms with Crippen LogP contribution in [0.5, 0.6) is 0 Å². The van der Waals surface area contributed by atoms with Crippen LogP contribution in [0.15, 0.2) is 12.7 Å². The van der Waals surface area contributed by atoms with Crippen molar-refractivity contribution < 1.29 is 19.0 Å². The van der Waals surface area contributed by atoms with E-state index in [1.54, 1.807) is 0 Å². The molecule has 0 saturated carbocycles. The molecular weight excluding hydrogens is 220 g/mol. The quantitative estimate of drug-likeness (QED) is 0.337. The fourth-order valence-electron chi connectivity index (χ4n) is 1.44. The first-order chi connectivity index (χ1) is 8.19. The van der Waals surface area contributed by atoms with Gasteiger partial charge >= 0.3 is 5.97 Å². The number of carbonyl (C=O) groups is 1. The monoisotopic (exact) mass is 244 g/mol. The lowest BCUT2D eigenvalue weighted by molar-refractivity contribution is -0.205. The van der Waals surface area contributed by atoms with Gasteiger partial charge in [-0.15, -0.1) is 0 Å². The van der Waals surface area contributed by atoms with Crippen LogP contribution in [-0.4, -0.2) is 31.6 Å². The second kappa shape index (κ2) is 10.3. The van der Waals surface area contributed by atoms with E-state index >= 15 is 0 Å². The van der Waals surface area contributed by atoms with Crippen LogP contribution in [0.2, 0.25) is 0 Å². The van der Waals surface area contributed by atoms with Crippen LogP contribution in [-0.2, 0) is 19.0 Å². The largest absolute Gasteiger partial charge is 0.454 e. The van der Waals surface area contributed by atoms with Crippen molar-refractivity contribution in [3.63, 3.8) is 0 Å². The van der Waals surface area contributed by atoms with Gasteiger partial charge in [-0.25, -0.2) is 4.79 Å². The fourth-order valence-corrected chi connectivity index (χ4v) is 1.44. The minimum atomic E-state index is -0.486. The van der Waals surface area contributed by atoms with E-state index in [1.165, 1.54) is 0 Å². The van der Waals surface area contributed by atoms with Gasteiger partial charge in [0.2, 0.25) is 0 Å². The minimum Gasteiger partial charge on any atom is -0.454 e. The average Bonchev–Trinajstić information content (AvgIpc) is 2.34. The van der Waals surface area contributed by atoms with Crippen LogP contribution in [0.25, 0.3) is 0 Å². The molecule has 0 rings (SSSR count). The highest BCUT2D eigenvalue weighted by molar-refractivity contribution is 5.81. The van der Waals surface area contributed by atoms with Gasteiger partial charge in [-0.2, -0.15) is 0 Å². The second-order valence-corrected chi connectivity index (χ2v) is 3.60. The van der Waals surface area contributed by atoms with Crippen molar-refractivity contribution in [2.24, 2.45) is 0 Å². The summed E-state index contributed by atoms with van der Waals surface area (Å²) in [6.45, 7) is 10.3. The van der Waals surface area contributed by atoms with E-state index in [0.717, 1.165) is 25.3 Å². The number of rotatable bonds is 10. The van der Waals surface area contributed by atoms with Crippen molar-refractivity contribution in [2.75, 3.05) is 13.2 Å². The molecule has 0 spiro atoms. The van der Waals surface area contributed by atoms with E-state index in [1.807, 2.05) is 13.8 Å². The maximum Gasteiger partial charge on any atom is 0.330 e. The van der Waals surface area contributed by atoms with Crippen molar-refractivity contribution in [3.8, 4) is 0 Å². The lowest BCUT2D eigenvalue weighted by Gasteiger charge is -2.26. The van der Waals surface area contributed by atoms with Crippen LogP contribution in [0.3, 0.4) is 0 Å². The average molecular weight is 244 g/mol. The van der Waals surface area contributed by atoms with E-state index in [0.29, 0.717) is 13.2 Å². The summed E-state index contributed by atoms with van der Waals surface area (Å²) in [5.41, 5.74) is 0. The Bertz CT molecular complexity index is 209. The van der Waals surface area contributed by atoms with Crippen LogP contribution >= 0.6 is 0 Å². The lowest BCUT2D eigenvalue weighted by atomic mass is 10.1. The number of unbranched alkanes of at least 4 members (excludes halogenated alkanes) is 1. The molecular formula is C13H24O4. The molecule has 0 aromatic rings. The van der Waals surface area contributed by atoms with Gasteiger partial charge in [-0.1, -0.05) is 19.9 Å². The van der Waals surface area contributed by atoms with Gasteiger partial charge in [0, 0.05) is 19.3 Å². The van der Waals surface area contributed by atoms with Crippen molar-refractivity contribution >= 4 is 5.97 Å². The van der Waals surface area contributed by atoms with Crippen molar-refractivity contribution in [3.05, 3.63) is 12.7 Å². The van der Waals surface area contributed by atoms with Gasteiger partial charge in [0.15, 0.2) is 12.4 Å². The summed E-state index contributed by atoms with van der Waals surface area (Å²) in [5.74, 6) is -0.435. The van der Waals surface area contributed by atoms with Gasteiger partial charge in [0.1, 0.15) is 0 Å². The third kappa shape index (κ3) is 7.13. The number of ether oxygens (including phenoxy) is 3. The van der Waals surface area contributed by atoms with Crippen LogP contribution < -0.4 is 0 Å². The summed E-state index contributed by atoms with van der Waals surface area (Å²) in [6.07, 6.45) is 3.05. The molecule has 0 heterocycles. The molecule has 0 amide bonds. The molecule has 0 aromatic heterocycles. The molecule has 0 aliphatic rings. The molecule has 0 radical (unpaired) electrons. The molecule has 0 fully saturated rings. The molecule has 4 nitrogen and oxygen atoms in total. The first-order valence-corrected chi connectivity index (χ1v) is 6.25. The zero-order valence-corrected chi connectivity index (χ0v) is 11.1. The predicted molar refractivity (Wildman–Crippen MR) is 66.6 cm³/mol. The SMILES string of the molecule is C=CC(=O)OC(CCCC)C(OCC)OCC. The number of hydrogen-bond acceptors (Lipinski definition) is 4. The molecule has 0 aliphatic carbocycles. The lowest BCUT2D eigenvalue weighted by Crippen LogP contribution is -2.35. The summed E-state index contributed by atoms with van der Waals surface area (Å²) in [4.78, 5) is 11.2. The van der Waals surface area contributed by atoms with Gasteiger partial charge in [-0.3, -0.25) is 0 Å². The second-order valence-electron chi connectivity index (χ2n) is 3.60. The standard InChI is InChI=1S/C13H24O4/c1-5-9-10-11(17-12(14)6-2)13(15-7-3)16-8-4/h6,11,13H,2,5,7-10H2,1,3-4H3. The maximum atomic E-state index is 11.2. The van der Waals surface area contributed by atoms with Crippen LogP contribution in [0.1, 0.15) is 40.0 Å². The normalized spacial score (nSPS) is 12.5. The molecule has 100 valence electrons. The molecule has 0 saturated heterocycles. The number of hydrogen-bond donors (Lipinski definition) is 0.